The lowest BCUT2D eigenvalue weighted by molar-refractivity contribution is 0.0175. The van der Waals surface area contributed by atoms with Gasteiger partial charge in [-0.05, 0) is 11.5 Å². The molecule has 1 amide bonds. The Hall–Kier alpha value is -1.46. The molecule has 0 aromatic heterocycles. The number of nitrogen functional groups attached to an aromatic ring is 1. The second-order valence-corrected chi connectivity index (χ2v) is 6.28. The predicted octanol–water partition coefficient (Wildman–Crippen LogP) is 2.72. The normalized spacial score (nSPS) is 12.9. The molecule has 1 aromatic rings. The Morgan fingerprint density at radius 1 is 1.38 bits per heavy atom. The van der Waals surface area contributed by atoms with E-state index in [-0.39, 0.29) is 17.4 Å². The number of ether oxygens (including phenoxy) is 2. The van der Waals surface area contributed by atoms with Crippen LogP contribution in [0.5, 0.6) is 5.75 Å². The van der Waals surface area contributed by atoms with Crippen molar-refractivity contribution in [1.82, 2.24) is 5.32 Å². The van der Waals surface area contributed by atoms with Crippen LogP contribution >= 0.6 is 11.6 Å². The van der Waals surface area contributed by atoms with Crippen molar-refractivity contribution in [2.75, 3.05) is 26.5 Å². The van der Waals surface area contributed by atoms with Crippen LogP contribution < -0.4 is 15.8 Å². The summed E-state index contributed by atoms with van der Waals surface area (Å²) in [5, 5.41) is 3.15. The molecule has 1 unspecified atom stereocenters. The van der Waals surface area contributed by atoms with Gasteiger partial charge in [0.2, 0.25) is 0 Å². The third-order valence-corrected chi connectivity index (χ3v) is 3.59. The first-order valence-corrected chi connectivity index (χ1v) is 7.02. The van der Waals surface area contributed by atoms with Crippen LogP contribution in [0.1, 0.15) is 31.1 Å². The molecule has 0 saturated heterocycles. The summed E-state index contributed by atoms with van der Waals surface area (Å²) in [7, 11) is 3.11. The molecular weight excluding hydrogens is 292 g/mol. The van der Waals surface area contributed by atoms with Gasteiger partial charge in [0.25, 0.3) is 5.91 Å². The molecular formula is C15H23ClN2O3. The molecule has 1 atom stereocenters. The number of benzene rings is 1. The number of nitrogens with one attached hydrogen (secondary N) is 1. The smallest absolute Gasteiger partial charge is 0.255 e. The Balaban J connectivity index is 2.87. The average Bonchev–Trinajstić information content (AvgIpc) is 2.40. The van der Waals surface area contributed by atoms with Gasteiger partial charge in [-0.1, -0.05) is 32.4 Å². The third kappa shape index (κ3) is 4.51. The third-order valence-electron chi connectivity index (χ3n) is 3.26. The van der Waals surface area contributed by atoms with Crippen molar-refractivity contribution in [1.29, 1.82) is 0 Å². The minimum absolute atomic E-state index is 0.0785. The molecule has 3 N–H and O–H groups in total. The van der Waals surface area contributed by atoms with Crippen LogP contribution in [0.2, 0.25) is 5.02 Å². The number of carbonyl (C=O) groups excluding carboxylic acids is 1. The second-order valence-electron chi connectivity index (χ2n) is 5.87. The Morgan fingerprint density at radius 2 is 2.00 bits per heavy atom. The van der Waals surface area contributed by atoms with E-state index < -0.39 is 0 Å². The number of nitrogens with two attached hydrogens (primary N) is 1. The summed E-state index contributed by atoms with van der Waals surface area (Å²) in [6.45, 7) is 6.54. The number of hydrogen-bond donors (Lipinski definition) is 2. The summed E-state index contributed by atoms with van der Waals surface area (Å²) in [4.78, 5) is 12.3. The van der Waals surface area contributed by atoms with Crippen molar-refractivity contribution >= 4 is 23.2 Å². The van der Waals surface area contributed by atoms with E-state index in [1.807, 2.05) is 20.8 Å². The Labute approximate surface area is 130 Å². The van der Waals surface area contributed by atoms with E-state index in [9.17, 15) is 4.79 Å². The summed E-state index contributed by atoms with van der Waals surface area (Å²) >= 11 is 5.96. The summed E-state index contributed by atoms with van der Waals surface area (Å²) in [5.41, 5.74) is 6.34. The highest BCUT2D eigenvalue weighted by Gasteiger charge is 2.25. The SMILES string of the molecule is COc1cc(N)c(Cl)cc1C(=O)NCC(OC)C(C)(C)C. The average molecular weight is 315 g/mol. The molecule has 1 rings (SSSR count). The van der Waals surface area contributed by atoms with Gasteiger partial charge >= 0.3 is 0 Å². The van der Waals surface area contributed by atoms with Crippen LogP contribution in [0, 0.1) is 5.41 Å². The van der Waals surface area contributed by atoms with Gasteiger partial charge in [0, 0.05) is 19.7 Å². The second kappa shape index (κ2) is 7.00. The highest BCUT2D eigenvalue weighted by molar-refractivity contribution is 6.33. The van der Waals surface area contributed by atoms with Crippen molar-refractivity contribution in [2.24, 2.45) is 5.41 Å². The standard InChI is InChI=1S/C15H23ClN2O3/c1-15(2,3)13(21-5)8-18-14(19)9-6-10(16)11(17)7-12(9)20-4/h6-7,13H,8,17H2,1-5H3,(H,18,19). The molecule has 0 heterocycles. The van der Waals surface area contributed by atoms with Gasteiger partial charge < -0.3 is 20.5 Å². The van der Waals surface area contributed by atoms with Crippen molar-refractivity contribution in [2.45, 2.75) is 26.9 Å². The highest BCUT2D eigenvalue weighted by atomic mass is 35.5. The summed E-state index contributed by atoms with van der Waals surface area (Å²) in [6, 6.07) is 3.04. The number of anilines is 1. The number of carbonyl (C=O) groups is 1. The van der Waals surface area contributed by atoms with Crippen LogP contribution in [0.25, 0.3) is 0 Å². The maximum absolute atomic E-state index is 12.3. The number of amides is 1. The maximum Gasteiger partial charge on any atom is 0.255 e. The topological polar surface area (TPSA) is 73.6 Å². The first kappa shape index (κ1) is 17.6. The number of methoxy groups -OCH3 is 2. The first-order valence-electron chi connectivity index (χ1n) is 6.64. The lowest BCUT2D eigenvalue weighted by atomic mass is 9.89. The quantitative estimate of drug-likeness (QED) is 0.820. The molecule has 21 heavy (non-hydrogen) atoms. The molecule has 5 nitrogen and oxygen atoms in total. The molecule has 0 aliphatic heterocycles. The zero-order valence-corrected chi connectivity index (χ0v) is 13.9. The van der Waals surface area contributed by atoms with Crippen molar-refractivity contribution in [3.63, 3.8) is 0 Å². The summed E-state index contributed by atoms with van der Waals surface area (Å²) in [6.07, 6.45) is -0.100. The van der Waals surface area contributed by atoms with E-state index in [4.69, 9.17) is 26.8 Å². The van der Waals surface area contributed by atoms with E-state index in [1.54, 1.807) is 7.11 Å². The molecule has 0 saturated carbocycles. The predicted molar refractivity (Wildman–Crippen MR) is 85.0 cm³/mol. The molecule has 0 bridgehead atoms. The lowest BCUT2D eigenvalue weighted by Crippen LogP contribution is -2.40. The van der Waals surface area contributed by atoms with Crippen LogP contribution in [0.4, 0.5) is 5.69 Å². The largest absolute Gasteiger partial charge is 0.496 e. The zero-order valence-electron chi connectivity index (χ0n) is 13.1. The fourth-order valence-corrected chi connectivity index (χ4v) is 2.10. The van der Waals surface area contributed by atoms with E-state index in [1.165, 1.54) is 19.2 Å². The Bertz CT molecular complexity index is 512. The number of halogens is 1. The van der Waals surface area contributed by atoms with Crippen LogP contribution in [-0.4, -0.2) is 32.8 Å². The lowest BCUT2D eigenvalue weighted by Gasteiger charge is -2.29. The Morgan fingerprint density at radius 3 is 2.48 bits per heavy atom. The van der Waals surface area contributed by atoms with E-state index >= 15 is 0 Å². The van der Waals surface area contributed by atoms with Gasteiger partial charge in [-0.3, -0.25) is 4.79 Å². The van der Waals surface area contributed by atoms with Crippen LogP contribution in [0.3, 0.4) is 0 Å². The highest BCUT2D eigenvalue weighted by Crippen LogP contribution is 2.29. The zero-order chi connectivity index (χ0) is 16.2. The van der Waals surface area contributed by atoms with Crippen LogP contribution in [0.15, 0.2) is 12.1 Å². The monoisotopic (exact) mass is 314 g/mol. The molecule has 118 valence electrons. The molecule has 0 fully saturated rings. The van der Waals surface area contributed by atoms with E-state index in [0.29, 0.717) is 28.6 Å². The molecule has 0 radical (unpaired) electrons. The van der Waals surface area contributed by atoms with Crippen molar-refractivity contribution < 1.29 is 14.3 Å². The molecule has 0 aliphatic rings. The van der Waals surface area contributed by atoms with Crippen molar-refractivity contribution in [3.05, 3.63) is 22.7 Å². The van der Waals surface area contributed by atoms with Gasteiger partial charge in [-0.2, -0.15) is 0 Å². The fraction of sp³-hybridized carbons (Fsp3) is 0.533. The van der Waals surface area contributed by atoms with E-state index in [2.05, 4.69) is 5.32 Å². The minimum atomic E-state index is -0.278. The van der Waals surface area contributed by atoms with Crippen molar-refractivity contribution in [3.8, 4) is 5.75 Å². The maximum atomic E-state index is 12.3. The molecule has 0 spiro atoms. The van der Waals surface area contributed by atoms with Crippen LogP contribution in [-0.2, 0) is 4.74 Å². The van der Waals surface area contributed by atoms with Gasteiger partial charge in [0.15, 0.2) is 0 Å². The minimum Gasteiger partial charge on any atom is -0.496 e. The van der Waals surface area contributed by atoms with Gasteiger partial charge in [0.1, 0.15) is 5.75 Å². The van der Waals surface area contributed by atoms with Gasteiger partial charge in [-0.15, -0.1) is 0 Å². The molecule has 0 aliphatic carbocycles. The molecule has 1 aromatic carbocycles. The number of hydrogen-bond acceptors (Lipinski definition) is 4. The van der Waals surface area contributed by atoms with Gasteiger partial charge in [-0.25, -0.2) is 0 Å². The summed E-state index contributed by atoms with van der Waals surface area (Å²) < 4.78 is 10.6. The van der Waals surface area contributed by atoms with Gasteiger partial charge in [0.05, 0.1) is 29.5 Å². The number of rotatable bonds is 5. The molecule has 6 heteroatoms. The first-order chi connectivity index (χ1) is 9.70. The Kier molecular flexibility index (Phi) is 5.87. The van der Waals surface area contributed by atoms with E-state index in [0.717, 1.165) is 0 Å². The summed E-state index contributed by atoms with van der Waals surface area (Å²) in [5.74, 6) is 0.110. The fourth-order valence-electron chi connectivity index (χ4n) is 1.94.